The number of hydrogen-bond donors (Lipinski definition) is 3. The highest BCUT2D eigenvalue weighted by atomic mass is 32.2. The van der Waals surface area contributed by atoms with Gasteiger partial charge >= 0.3 is 0 Å². The van der Waals surface area contributed by atoms with Crippen LogP contribution in [0.1, 0.15) is 32.6 Å². The van der Waals surface area contributed by atoms with Crippen LogP contribution in [0, 0.1) is 5.92 Å². The maximum Gasteiger partial charge on any atom is 0.250 e. The van der Waals surface area contributed by atoms with Gasteiger partial charge in [0, 0.05) is 17.6 Å². The molecule has 1 aliphatic rings. The monoisotopic (exact) mass is 304 g/mol. The van der Waals surface area contributed by atoms with Gasteiger partial charge in [-0.3, -0.25) is 0 Å². The zero-order valence-corrected chi connectivity index (χ0v) is 12.6. The van der Waals surface area contributed by atoms with E-state index in [0.29, 0.717) is 24.4 Å². The number of nitrogens with two attached hydrogens (primary N) is 1. The predicted octanol–water partition coefficient (Wildman–Crippen LogP) is 1.55. The van der Waals surface area contributed by atoms with Crippen LogP contribution in [0.2, 0.25) is 0 Å². The Hall–Kier alpha value is -0.630. The van der Waals surface area contributed by atoms with E-state index in [-0.39, 0.29) is 10.8 Å². The molecule has 0 atom stereocenters. The largest absolute Gasteiger partial charge is 0.398 e. The number of hydrogen-bond acceptors (Lipinski definition) is 5. The number of sulfonamides is 1. The van der Waals surface area contributed by atoms with Gasteiger partial charge in [0.1, 0.15) is 4.21 Å². The molecule has 4 N–H and O–H groups in total. The van der Waals surface area contributed by atoms with E-state index in [2.05, 4.69) is 11.6 Å². The Morgan fingerprint density at radius 3 is 2.68 bits per heavy atom. The van der Waals surface area contributed by atoms with Crippen molar-refractivity contribution in [3.8, 4) is 0 Å². The fraction of sp³-hybridized carbons (Fsp3) is 0.667. The predicted molar refractivity (Wildman–Crippen MR) is 76.5 cm³/mol. The number of thiophene rings is 1. The van der Waals surface area contributed by atoms with E-state index >= 15 is 0 Å². The van der Waals surface area contributed by atoms with Gasteiger partial charge in [-0.25, -0.2) is 13.1 Å². The first-order valence-electron chi connectivity index (χ1n) is 6.37. The summed E-state index contributed by atoms with van der Waals surface area (Å²) in [4.78, 5) is 0. The van der Waals surface area contributed by atoms with Crippen LogP contribution in [0.4, 0.5) is 5.69 Å². The average Bonchev–Trinajstić information content (AvgIpc) is 2.79. The SMILES string of the molecule is CC1CCC(O)(CNS(=O)(=O)c2cc(N)cs2)CC1. The van der Waals surface area contributed by atoms with Gasteiger partial charge in [-0.2, -0.15) is 0 Å². The Kier molecular flexibility index (Phi) is 4.20. The molecule has 0 aliphatic heterocycles. The molecule has 1 aliphatic carbocycles. The van der Waals surface area contributed by atoms with Crippen molar-refractivity contribution in [3.05, 3.63) is 11.4 Å². The summed E-state index contributed by atoms with van der Waals surface area (Å²) >= 11 is 1.09. The molecule has 1 heterocycles. The van der Waals surface area contributed by atoms with Gasteiger partial charge in [-0.05, 0) is 37.7 Å². The number of anilines is 1. The summed E-state index contributed by atoms with van der Waals surface area (Å²) in [6.45, 7) is 2.22. The van der Waals surface area contributed by atoms with Crippen LogP contribution in [-0.4, -0.2) is 25.7 Å². The van der Waals surface area contributed by atoms with Crippen LogP contribution in [0.15, 0.2) is 15.7 Å². The third-order valence-electron chi connectivity index (χ3n) is 3.66. The third kappa shape index (κ3) is 3.68. The molecular formula is C12H20N2O3S2. The minimum absolute atomic E-state index is 0.0693. The molecule has 0 aromatic carbocycles. The summed E-state index contributed by atoms with van der Waals surface area (Å²) in [7, 11) is -3.56. The Labute approximate surface area is 117 Å². The van der Waals surface area contributed by atoms with Crippen molar-refractivity contribution in [1.29, 1.82) is 0 Å². The zero-order valence-electron chi connectivity index (χ0n) is 10.9. The Balaban J connectivity index is 1.98. The number of nitrogens with one attached hydrogen (secondary N) is 1. The first-order chi connectivity index (χ1) is 8.81. The molecule has 0 amide bonds. The average molecular weight is 304 g/mol. The summed E-state index contributed by atoms with van der Waals surface area (Å²) in [5.41, 5.74) is 5.05. The molecule has 0 unspecified atom stereocenters. The number of rotatable bonds is 4. The molecule has 0 saturated heterocycles. The first kappa shape index (κ1) is 14.8. The zero-order chi connectivity index (χ0) is 14.1. The van der Waals surface area contributed by atoms with Crippen molar-refractivity contribution < 1.29 is 13.5 Å². The van der Waals surface area contributed by atoms with Gasteiger partial charge in [-0.1, -0.05) is 6.92 Å². The first-order valence-corrected chi connectivity index (χ1v) is 8.73. The third-order valence-corrected chi connectivity index (χ3v) is 6.52. The molecule has 7 heteroatoms. The second kappa shape index (κ2) is 5.40. The minimum atomic E-state index is -3.56. The Morgan fingerprint density at radius 2 is 2.16 bits per heavy atom. The lowest BCUT2D eigenvalue weighted by atomic mass is 9.80. The van der Waals surface area contributed by atoms with E-state index in [4.69, 9.17) is 5.73 Å². The van der Waals surface area contributed by atoms with Gasteiger partial charge < -0.3 is 10.8 Å². The molecule has 108 valence electrons. The smallest absolute Gasteiger partial charge is 0.250 e. The molecule has 2 rings (SSSR count). The molecule has 5 nitrogen and oxygen atoms in total. The van der Waals surface area contributed by atoms with Crippen molar-refractivity contribution in [1.82, 2.24) is 4.72 Å². The highest BCUT2D eigenvalue weighted by Crippen LogP contribution is 2.31. The van der Waals surface area contributed by atoms with Gasteiger partial charge in [0.25, 0.3) is 0 Å². The molecule has 1 aromatic rings. The van der Waals surface area contributed by atoms with E-state index < -0.39 is 15.6 Å². The number of aliphatic hydroxyl groups is 1. The maximum absolute atomic E-state index is 12.0. The topological polar surface area (TPSA) is 92.4 Å². The van der Waals surface area contributed by atoms with Crippen molar-refractivity contribution in [2.45, 2.75) is 42.4 Å². The van der Waals surface area contributed by atoms with Gasteiger partial charge in [0.2, 0.25) is 10.0 Å². The highest BCUT2D eigenvalue weighted by molar-refractivity contribution is 7.91. The van der Waals surface area contributed by atoms with Crippen molar-refractivity contribution >= 4 is 27.0 Å². The molecule has 1 aromatic heterocycles. The van der Waals surface area contributed by atoms with Crippen LogP contribution >= 0.6 is 11.3 Å². The van der Waals surface area contributed by atoms with Gasteiger partial charge in [-0.15, -0.1) is 11.3 Å². The summed E-state index contributed by atoms with van der Waals surface area (Å²) in [6.07, 6.45) is 3.15. The molecule has 1 saturated carbocycles. The van der Waals surface area contributed by atoms with E-state index in [9.17, 15) is 13.5 Å². The molecule has 1 fully saturated rings. The Bertz CT molecular complexity index is 531. The fourth-order valence-corrected chi connectivity index (χ4v) is 4.49. The van der Waals surface area contributed by atoms with Gasteiger partial charge in [0.05, 0.1) is 5.60 Å². The van der Waals surface area contributed by atoms with E-state index in [1.54, 1.807) is 5.38 Å². The summed E-state index contributed by atoms with van der Waals surface area (Å²) in [5, 5.41) is 11.9. The van der Waals surface area contributed by atoms with E-state index in [1.165, 1.54) is 6.07 Å². The van der Waals surface area contributed by atoms with Crippen LogP contribution < -0.4 is 10.5 Å². The second-order valence-electron chi connectivity index (χ2n) is 5.43. The van der Waals surface area contributed by atoms with E-state index in [1.807, 2.05) is 0 Å². The Morgan fingerprint density at radius 1 is 1.53 bits per heavy atom. The lowest BCUT2D eigenvalue weighted by Gasteiger charge is -2.34. The van der Waals surface area contributed by atoms with Gasteiger partial charge in [0.15, 0.2) is 0 Å². The second-order valence-corrected chi connectivity index (χ2v) is 8.34. The lowest BCUT2D eigenvalue weighted by molar-refractivity contribution is -0.00181. The number of nitrogen functional groups attached to an aromatic ring is 1. The standard InChI is InChI=1S/C12H20N2O3S2/c1-9-2-4-12(15,5-3-9)8-14-19(16,17)11-6-10(13)7-18-11/h6-7,9,14-15H,2-5,8,13H2,1H3. The lowest BCUT2D eigenvalue weighted by Crippen LogP contribution is -2.45. The van der Waals surface area contributed by atoms with Crippen molar-refractivity contribution in [2.24, 2.45) is 5.92 Å². The fourth-order valence-electron chi connectivity index (χ4n) is 2.25. The molecule has 0 bridgehead atoms. The van der Waals surface area contributed by atoms with E-state index in [0.717, 1.165) is 24.2 Å². The molecule has 0 radical (unpaired) electrons. The summed E-state index contributed by atoms with van der Waals surface area (Å²) in [5.74, 6) is 0.606. The van der Waals surface area contributed by atoms with Crippen LogP contribution in [0.25, 0.3) is 0 Å². The molecule has 0 spiro atoms. The molecular weight excluding hydrogens is 284 g/mol. The van der Waals surface area contributed by atoms with Crippen LogP contribution in [0.3, 0.4) is 0 Å². The van der Waals surface area contributed by atoms with Crippen LogP contribution in [-0.2, 0) is 10.0 Å². The maximum atomic E-state index is 12.0. The summed E-state index contributed by atoms with van der Waals surface area (Å²) in [6, 6.07) is 1.43. The summed E-state index contributed by atoms with van der Waals surface area (Å²) < 4.78 is 26.7. The minimum Gasteiger partial charge on any atom is -0.398 e. The van der Waals surface area contributed by atoms with Crippen molar-refractivity contribution in [3.63, 3.8) is 0 Å². The quantitative estimate of drug-likeness (QED) is 0.787. The van der Waals surface area contributed by atoms with Crippen molar-refractivity contribution in [2.75, 3.05) is 12.3 Å². The highest BCUT2D eigenvalue weighted by Gasteiger charge is 2.33. The molecule has 19 heavy (non-hydrogen) atoms. The van der Waals surface area contributed by atoms with Crippen LogP contribution in [0.5, 0.6) is 0 Å². The normalized spacial score (nSPS) is 28.4.